The first-order chi connectivity index (χ1) is 10.8. The molecule has 1 aromatic carbocycles. The Morgan fingerprint density at radius 1 is 1.09 bits per heavy atom. The van der Waals surface area contributed by atoms with Gasteiger partial charge in [0.15, 0.2) is 0 Å². The third-order valence-electron chi connectivity index (χ3n) is 3.66. The van der Waals surface area contributed by atoms with Crippen molar-refractivity contribution in [3.63, 3.8) is 0 Å². The van der Waals surface area contributed by atoms with Crippen molar-refractivity contribution in [3.05, 3.63) is 60.4 Å². The molecule has 0 saturated carbocycles. The molecule has 2 aromatic heterocycles. The molecular weight excluding hydrogens is 276 g/mol. The van der Waals surface area contributed by atoms with Crippen molar-refractivity contribution in [2.45, 2.75) is 5.92 Å². The number of hydrogen-bond acceptors (Lipinski definition) is 4. The summed E-state index contributed by atoms with van der Waals surface area (Å²) in [6.45, 7) is 0. The zero-order chi connectivity index (χ0) is 14.9. The van der Waals surface area contributed by atoms with Gasteiger partial charge in [0.05, 0.1) is 11.2 Å². The summed E-state index contributed by atoms with van der Waals surface area (Å²) in [5, 5.41) is 3.79. The van der Waals surface area contributed by atoms with Gasteiger partial charge in [-0.25, -0.2) is 4.98 Å². The Hall–Kier alpha value is -3.08. The van der Waals surface area contributed by atoms with Crippen LogP contribution in [0.1, 0.15) is 11.5 Å². The first-order valence-corrected chi connectivity index (χ1v) is 6.96. The molecule has 3 heterocycles. The van der Waals surface area contributed by atoms with Crippen molar-refractivity contribution in [2.75, 3.05) is 5.32 Å². The van der Waals surface area contributed by atoms with Crippen LogP contribution >= 0.6 is 0 Å². The number of aliphatic imine (C=N–C) groups is 1. The van der Waals surface area contributed by atoms with Crippen molar-refractivity contribution >= 4 is 34.5 Å². The number of fused-ring (bicyclic) bond motifs is 2. The van der Waals surface area contributed by atoms with E-state index < -0.39 is 5.92 Å². The van der Waals surface area contributed by atoms with Gasteiger partial charge in [-0.2, -0.15) is 0 Å². The maximum Gasteiger partial charge on any atom is 0.238 e. The monoisotopic (exact) mass is 288 g/mol. The number of nitrogens with zero attached hydrogens (tertiary/aromatic N) is 3. The van der Waals surface area contributed by atoms with Crippen molar-refractivity contribution < 1.29 is 4.79 Å². The van der Waals surface area contributed by atoms with Gasteiger partial charge < -0.3 is 5.32 Å². The summed E-state index contributed by atoms with van der Waals surface area (Å²) in [5.41, 5.74) is 2.58. The predicted octanol–water partition coefficient (Wildman–Crippen LogP) is 3.07. The van der Waals surface area contributed by atoms with Crippen LogP contribution < -0.4 is 5.32 Å². The van der Waals surface area contributed by atoms with Crippen LogP contribution in [0.5, 0.6) is 0 Å². The van der Waals surface area contributed by atoms with Gasteiger partial charge in [-0.15, -0.1) is 0 Å². The Bertz CT molecular complexity index is 904. The van der Waals surface area contributed by atoms with E-state index in [1.165, 1.54) is 0 Å². The van der Waals surface area contributed by atoms with Gasteiger partial charge in [-0.3, -0.25) is 14.8 Å². The third kappa shape index (κ3) is 2.13. The second-order valence-electron chi connectivity index (χ2n) is 5.07. The lowest BCUT2D eigenvalue weighted by Crippen LogP contribution is -2.12. The number of benzene rings is 1. The second-order valence-corrected chi connectivity index (χ2v) is 5.07. The number of rotatable bonds is 2. The molecule has 0 bridgehead atoms. The van der Waals surface area contributed by atoms with Gasteiger partial charge in [0.2, 0.25) is 5.91 Å². The van der Waals surface area contributed by atoms with Gasteiger partial charge in [0.25, 0.3) is 0 Å². The molecule has 1 atom stereocenters. The molecule has 3 aromatic rings. The Balaban J connectivity index is 1.67. The maximum atomic E-state index is 12.0. The van der Waals surface area contributed by atoms with Crippen LogP contribution in [-0.2, 0) is 4.79 Å². The molecule has 1 unspecified atom stereocenters. The van der Waals surface area contributed by atoms with E-state index in [9.17, 15) is 4.79 Å². The largest absolute Gasteiger partial charge is 0.310 e. The Morgan fingerprint density at radius 2 is 1.95 bits per heavy atom. The van der Waals surface area contributed by atoms with E-state index in [2.05, 4.69) is 20.3 Å². The van der Waals surface area contributed by atoms with E-state index in [0.29, 0.717) is 5.82 Å². The molecule has 1 N–H and O–H groups in total. The molecule has 0 fully saturated rings. The molecule has 0 saturated heterocycles. The highest BCUT2D eigenvalue weighted by Crippen LogP contribution is 2.29. The van der Waals surface area contributed by atoms with Crippen molar-refractivity contribution in [2.24, 2.45) is 4.99 Å². The molecule has 106 valence electrons. The fourth-order valence-electron chi connectivity index (χ4n) is 2.56. The molecule has 0 aliphatic carbocycles. The maximum absolute atomic E-state index is 12.0. The summed E-state index contributed by atoms with van der Waals surface area (Å²) in [7, 11) is 0. The lowest BCUT2D eigenvalue weighted by Gasteiger charge is -2.02. The van der Waals surface area contributed by atoms with Crippen molar-refractivity contribution in [3.8, 4) is 0 Å². The Kier molecular flexibility index (Phi) is 2.89. The summed E-state index contributed by atoms with van der Waals surface area (Å²) in [5.74, 6) is 0.125. The summed E-state index contributed by atoms with van der Waals surface area (Å²) >= 11 is 0. The lowest BCUT2D eigenvalue weighted by atomic mass is 10.0. The molecule has 1 aliphatic heterocycles. The van der Waals surface area contributed by atoms with E-state index in [1.54, 1.807) is 18.6 Å². The lowest BCUT2D eigenvalue weighted by molar-refractivity contribution is -0.115. The first-order valence-electron chi connectivity index (χ1n) is 6.96. The molecule has 5 nitrogen and oxygen atoms in total. The number of hydrogen-bond donors (Lipinski definition) is 1. The van der Waals surface area contributed by atoms with Crippen LogP contribution in [0.2, 0.25) is 0 Å². The summed E-state index contributed by atoms with van der Waals surface area (Å²) in [4.78, 5) is 24.9. The second kappa shape index (κ2) is 5.04. The van der Waals surface area contributed by atoms with Gasteiger partial charge in [0, 0.05) is 29.6 Å². The number of aromatic nitrogens is 2. The zero-order valence-corrected chi connectivity index (χ0v) is 11.6. The normalized spacial score (nSPS) is 16.9. The minimum Gasteiger partial charge on any atom is -0.310 e. The van der Waals surface area contributed by atoms with E-state index in [1.807, 2.05) is 42.5 Å². The van der Waals surface area contributed by atoms with Crippen molar-refractivity contribution in [1.82, 2.24) is 9.97 Å². The average Bonchev–Trinajstić information content (AvgIpc) is 2.88. The molecule has 0 radical (unpaired) electrons. The number of anilines is 1. The zero-order valence-electron chi connectivity index (χ0n) is 11.6. The smallest absolute Gasteiger partial charge is 0.238 e. The molecule has 1 aliphatic rings. The van der Waals surface area contributed by atoms with Crippen LogP contribution in [-0.4, -0.2) is 22.1 Å². The minimum absolute atomic E-state index is 0.0973. The van der Waals surface area contributed by atoms with Gasteiger partial charge in [0.1, 0.15) is 11.7 Å². The van der Waals surface area contributed by atoms with Crippen LogP contribution in [0.15, 0.2) is 59.9 Å². The summed E-state index contributed by atoms with van der Waals surface area (Å²) < 4.78 is 0. The number of nitrogens with one attached hydrogen (secondary N) is 1. The molecule has 22 heavy (non-hydrogen) atoms. The predicted molar refractivity (Wildman–Crippen MR) is 85.5 cm³/mol. The fraction of sp³-hybridized carbons (Fsp3) is 0.0588. The summed E-state index contributed by atoms with van der Waals surface area (Å²) in [6.07, 6.45) is 5.09. The highest BCUT2D eigenvalue weighted by atomic mass is 16.2. The molecule has 0 spiro atoms. The van der Waals surface area contributed by atoms with E-state index in [-0.39, 0.29) is 5.91 Å². The van der Waals surface area contributed by atoms with Gasteiger partial charge in [-0.1, -0.05) is 12.1 Å². The number of pyridine rings is 2. The number of amides is 1. The van der Waals surface area contributed by atoms with E-state index in [0.717, 1.165) is 22.2 Å². The highest BCUT2D eigenvalue weighted by molar-refractivity contribution is 6.12. The fourth-order valence-corrected chi connectivity index (χ4v) is 2.56. The quantitative estimate of drug-likeness (QED) is 0.737. The van der Waals surface area contributed by atoms with Crippen molar-refractivity contribution in [1.29, 1.82) is 0 Å². The molecule has 4 rings (SSSR count). The van der Waals surface area contributed by atoms with Crippen LogP contribution in [0, 0.1) is 0 Å². The third-order valence-corrected chi connectivity index (χ3v) is 3.66. The topological polar surface area (TPSA) is 67.2 Å². The minimum atomic E-state index is -0.395. The van der Waals surface area contributed by atoms with E-state index >= 15 is 0 Å². The molecule has 1 amide bonds. The highest BCUT2D eigenvalue weighted by Gasteiger charge is 2.29. The van der Waals surface area contributed by atoms with Crippen LogP contribution in [0.25, 0.3) is 10.9 Å². The van der Waals surface area contributed by atoms with E-state index in [4.69, 9.17) is 0 Å². The SMILES string of the molecule is O=C1Nc2ncccc2C1C=Nc1ccc2ncccc2c1. The Labute approximate surface area is 126 Å². The van der Waals surface area contributed by atoms with Gasteiger partial charge in [-0.05, 0) is 30.3 Å². The first kappa shape index (κ1) is 12.6. The van der Waals surface area contributed by atoms with Crippen LogP contribution in [0.3, 0.4) is 0 Å². The van der Waals surface area contributed by atoms with Crippen LogP contribution in [0.4, 0.5) is 11.5 Å². The van der Waals surface area contributed by atoms with Gasteiger partial charge >= 0.3 is 0 Å². The Morgan fingerprint density at radius 3 is 2.91 bits per heavy atom. The average molecular weight is 288 g/mol. The standard InChI is InChI=1S/C17H12N4O/c22-17-14(13-4-2-8-19-16(13)21-17)10-20-12-5-6-15-11(9-12)3-1-7-18-15/h1-10,14H,(H,19,21,22). The number of carbonyl (C=O) groups is 1. The number of carbonyl (C=O) groups excluding carboxylic acids is 1. The summed E-state index contributed by atoms with van der Waals surface area (Å²) in [6, 6.07) is 13.4. The molecular formula is C17H12N4O. The molecule has 5 heteroatoms.